The molecular weight excluding hydrogens is 380 g/mol. The molecule has 0 aliphatic heterocycles. The zero-order valence-corrected chi connectivity index (χ0v) is 17.4. The molecule has 0 bridgehead atoms. The summed E-state index contributed by atoms with van der Waals surface area (Å²) in [6, 6.07) is 14.7. The zero-order chi connectivity index (χ0) is 21.3. The number of carbonyl (C=O) groups excluding carboxylic acids is 1. The molecule has 6 heteroatoms. The SMILES string of the molecule is CCOc1nc2cc(OC)c(-c3c(C)noc3C)cc2cc1C(=O)c1ccccc1. The van der Waals surface area contributed by atoms with E-state index in [1.165, 1.54) is 0 Å². The van der Waals surface area contributed by atoms with Crippen LogP contribution in [0.1, 0.15) is 34.3 Å². The van der Waals surface area contributed by atoms with Gasteiger partial charge in [-0.15, -0.1) is 0 Å². The van der Waals surface area contributed by atoms with Gasteiger partial charge in [0.2, 0.25) is 5.88 Å². The van der Waals surface area contributed by atoms with Crippen LogP contribution >= 0.6 is 0 Å². The number of hydrogen-bond acceptors (Lipinski definition) is 6. The summed E-state index contributed by atoms with van der Waals surface area (Å²) in [7, 11) is 1.61. The van der Waals surface area contributed by atoms with E-state index >= 15 is 0 Å². The first-order chi connectivity index (χ1) is 14.5. The van der Waals surface area contributed by atoms with Crippen LogP contribution in [0.15, 0.2) is 53.1 Å². The Bertz CT molecular complexity index is 1210. The molecule has 0 fully saturated rings. The van der Waals surface area contributed by atoms with Crippen LogP contribution in [0, 0.1) is 13.8 Å². The number of hydrogen-bond donors (Lipinski definition) is 0. The third-order valence-electron chi connectivity index (χ3n) is 4.97. The van der Waals surface area contributed by atoms with Crippen molar-refractivity contribution in [3.8, 4) is 22.8 Å². The third-order valence-corrected chi connectivity index (χ3v) is 4.97. The van der Waals surface area contributed by atoms with Gasteiger partial charge in [0.25, 0.3) is 0 Å². The van der Waals surface area contributed by atoms with Crippen LogP contribution in [0.3, 0.4) is 0 Å². The molecular formula is C24H22N2O4. The quantitative estimate of drug-likeness (QED) is 0.416. The van der Waals surface area contributed by atoms with Crippen LogP contribution in [0.2, 0.25) is 0 Å². The zero-order valence-electron chi connectivity index (χ0n) is 17.4. The molecule has 0 saturated carbocycles. The molecule has 0 saturated heterocycles. The van der Waals surface area contributed by atoms with Crippen molar-refractivity contribution in [1.29, 1.82) is 0 Å². The van der Waals surface area contributed by atoms with Gasteiger partial charge in [0, 0.05) is 22.6 Å². The van der Waals surface area contributed by atoms with Crippen LogP contribution in [0.4, 0.5) is 0 Å². The molecule has 0 unspecified atom stereocenters. The summed E-state index contributed by atoms with van der Waals surface area (Å²) in [5.41, 5.74) is 4.16. The summed E-state index contributed by atoms with van der Waals surface area (Å²) in [6.45, 7) is 6.02. The molecule has 0 radical (unpaired) electrons. The Morgan fingerprint density at radius 2 is 1.87 bits per heavy atom. The minimum Gasteiger partial charge on any atom is -0.496 e. The van der Waals surface area contributed by atoms with Crippen LogP contribution < -0.4 is 9.47 Å². The van der Waals surface area contributed by atoms with E-state index in [9.17, 15) is 4.79 Å². The molecule has 0 amide bonds. The van der Waals surface area contributed by atoms with Crippen molar-refractivity contribution in [1.82, 2.24) is 10.1 Å². The first-order valence-electron chi connectivity index (χ1n) is 9.72. The van der Waals surface area contributed by atoms with E-state index in [2.05, 4.69) is 10.1 Å². The van der Waals surface area contributed by atoms with Crippen molar-refractivity contribution in [2.45, 2.75) is 20.8 Å². The fourth-order valence-corrected chi connectivity index (χ4v) is 3.57. The number of pyridine rings is 1. The van der Waals surface area contributed by atoms with Crippen LogP contribution in [-0.4, -0.2) is 29.6 Å². The average Bonchev–Trinajstić information content (AvgIpc) is 3.10. The number of nitrogens with zero attached hydrogens (tertiary/aromatic N) is 2. The van der Waals surface area contributed by atoms with Crippen molar-refractivity contribution in [3.05, 3.63) is 71.1 Å². The monoisotopic (exact) mass is 402 g/mol. The summed E-state index contributed by atoms with van der Waals surface area (Å²) >= 11 is 0. The minimum absolute atomic E-state index is 0.136. The van der Waals surface area contributed by atoms with Gasteiger partial charge < -0.3 is 14.0 Å². The largest absolute Gasteiger partial charge is 0.496 e. The molecule has 2 heterocycles. The maximum Gasteiger partial charge on any atom is 0.225 e. The van der Waals surface area contributed by atoms with E-state index in [4.69, 9.17) is 14.0 Å². The van der Waals surface area contributed by atoms with Crippen LogP contribution in [0.25, 0.3) is 22.0 Å². The Labute approximate surface area is 174 Å². The second kappa shape index (κ2) is 7.99. The van der Waals surface area contributed by atoms with Gasteiger partial charge in [0.1, 0.15) is 11.5 Å². The van der Waals surface area contributed by atoms with E-state index in [1.807, 2.05) is 57.2 Å². The molecule has 4 rings (SSSR count). The number of aryl methyl sites for hydroxylation is 2. The Balaban J connectivity index is 1.95. The predicted octanol–water partition coefficient (Wildman–Crippen LogP) is 5.14. The first-order valence-corrected chi connectivity index (χ1v) is 9.72. The Hall–Kier alpha value is -3.67. The summed E-state index contributed by atoms with van der Waals surface area (Å²) < 4.78 is 16.7. The number of methoxy groups -OCH3 is 1. The van der Waals surface area contributed by atoms with Gasteiger partial charge in [0.05, 0.1) is 36.1 Å². The lowest BCUT2D eigenvalue weighted by Crippen LogP contribution is -2.07. The smallest absolute Gasteiger partial charge is 0.225 e. The lowest BCUT2D eigenvalue weighted by atomic mass is 9.98. The lowest BCUT2D eigenvalue weighted by Gasteiger charge is -2.13. The van der Waals surface area contributed by atoms with E-state index in [1.54, 1.807) is 19.2 Å². The molecule has 2 aromatic heterocycles. The van der Waals surface area contributed by atoms with Crippen molar-refractivity contribution < 1.29 is 18.8 Å². The van der Waals surface area contributed by atoms with Crippen LogP contribution in [-0.2, 0) is 0 Å². The van der Waals surface area contributed by atoms with E-state index < -0.39 is 0 Å². The van der Waals surface area contributed by atoms with Crippen LogP contribution in [0.5, 0.6) is 11.6 Å². The number of fused-ring (bicyclic) bond motifs is 1. The molecule has 4 aromatic rings. The van der Waals surface area contributed by atoms with Gasteiger partial charge in [-0.1, -0.05) is 35.5 Å². The van der Waals surface area contributed by atoms with E-state index in [0.717, 1.165) is 22.2 Å². The number of benzene rings is 2. The highest BCUT2D eigenvalue weighted by molar-refractivity contribution is 6.12. The normalized spacial score (nSPS) is 10.9. The van der Waals surface area contributed by atoms with Crippen molar-refractivity contribution >= 4 is 16.7 Å². The van der Waals surface area contributed by atoms with E-state index in [-0.39, 0.29) is 5.78 Å². The van der Waals surface area contributed by atoms with Gasteiger partial charge in [-0.3, -0.25) is 4.79 Å². The number of ether oxygens (including phenoxy) is 2. The molecule has 6 nitrogen and oxygen atoms in total. The number of ketones is 1. The van der Waals surface area contributed by atoms with Gasteiger partial charge in [-0.2, -0.15) is 0 Å². The lowest BCUT2D eigenvalue weighted by molar-refractivity contribution is 0.103. The molecule has 0 atom stereocenters. The van der Waals surface area contributed by atoms with Gasteiger partial charge >= 0.3 is 0 Å². The first kappa shape index (κ1) is 19.6. The maximum atomic E-state index is 13.2. The molecule has 30 heavy (non-hydrogen) atoms. The maximum absolute atomic E-state index is 13.2. The predicted molar refractivity (Wildman–Crippen MR) is 114 cm³/mol. The molecule has 0 aliphatic rings. The van der Waals surface area contributed by atoms with Crippen molar-refractivity contribution in [3.63, 3.8) is 0 Å². The van der Waals surface area contributed by atoms with Crippen molar-refractivity contribution in [2.75, 3.05) is 13.7 Å². The highest BCUT2D eigenvalue weighted by Crippen LogP contribution is 2.38. The topological polar surface area (TPSA) is 74.5 Å². The number of aromatic nitrogens is 2. The fourth-order valence-electron chi connectivity index (χ4n) is 3.57. The summed E-state index contributed by atoms with van der Waals surface area (Å²) in [4.78, 5) is 17.8. The Morgan fingerprint density at radius 3 is 2.50 bits per heavy atom. The standard InChI is InChI=1S/C24H22N2O4/c1-5-29-24-19(23(27)16-9-7-6-8-10-16)12-17-11-18(21(28-4)13-20(17)25-24)22-14(2)26-30-15(22)3/h6-13H,5H2,1-4H3. The fraction of sp³-hybridized carbons (Fsp3) is 0.208. The van der Waals surface area contributed by atoms with E-state index in [0.29, 0.717) is 40.6 Å². The minimum atomic E-state index is -0.136. The molecule has 152 valence electrons. The van der Waals surface area contributed by atoms with Gasteiger partial charge in [0.15, 0.2) is 5.78 Å². The second-order valence-electron chi connectivity index (χ2n) is 6.91. The summed E-state index contributed by atoms with van der Waals surface area (Å²) in [6.07, 6.45) is 0. The highest BCUT2D eigenvalue weighted by Gasteiger charge is 2.21. The van der Waals surface area contributed by atoms with Crippen molar-refractivity contribution in [2.24, 2.45) is 0 Å². The molecule has 0 N–H and O–H groups in total. The molecule has 0 spiro atoms. The third kappa shape index (κ3) is 3.41. The molecule has 0 aliphatic carbocycles. The summed E-state index contributed by atoms with van der Waals surface area (Å²) in [5.74, 6) is 1.52. The molecule has 2 aromatic carbocycles. The van der Waals surface area contributed by atoms with Gasteiger partial charge in [-0.05, 0) is 32.9 Å². The summed E-state index contributed by atoms with van der Waals surface area (Å²) in [5, 5.41) is 4.85. The number of rotatable bonds is 6. The highest BCUT2D eigenvalue weighted by atomic mass is 16.5. The average molecular weight is 402 g/mol. The Kier molecular flexibility index (Phi) is 5.23. The van der Waals surface area contributed by atoms with Gasteiger partial charge in [-0.25, -0.2) is 4.98 Å². The Morgan fingerprint density at radius 1 is 1.10 bits per heavy atom. The second-order valence-corrected chi connectivity index (χ2v) is 6.91. The number of carbonyl (C=O) groups is 1.